The minimum absolute atomic E-state index is 0.225. The number of halogens is 2. The fourth-order valence-electron chi connectivity index (χ4n) is 3.30. The Morgan fingerprint density at radius 1 is 0.629 bits per heavy atom. The maximum Gasteiger partial charge on any atom is 0.201 e. The van der Waals surface area contributed by atoms with Gasteiger partial charge in [-0.05, 0) is 70.8 Å². The first-order valence-corrected chi connectivity index (χ1v) is 12.1. The Kier molecular flexibility index (Phi) is 7.76. The number of benzene rings is 4. The van der Waals surface area contributed by atoms with Crippen LogP contribution in [0.25, 0.3) is 22.3 Å². The summed E-state index contributed by atoms with van der Waals surface area (Å²) >= 11 is 1.98. The van der Waals surface area contributed by atoms with Gasteiger partial charge in [-0.2, -0.15) is 5.26 Å². The van der Waals surface area contributed by atoms with Crippen LogP contribution in [-0.4, -0.2) is 10.2 Å². The van der Waals surface area contributed by atoms with Gasteiger partial charge in [-0.15, -0.1) is 0 Å². The molecular weight excluding hydrogens is 484 g/mol. The molecule has 0 fully saturated rings. The van der Waals surface area contributed by atoms with E-state index in [1.54, 1.807) is 36.4 Å². The van der Waals surface area contributed by atoms with Gasteiger partial charge in [-0.3, -0.25) is 9.59 Å². The van der Waals surface area contributed by atoms with E-state index in [9.17, 15) is 18.4 Å². The highest BCUT2D eigenvalue weighted by molar-refractivity contribution is 8.15. The summed E-state index contributed by atoms with van der Waals surface area (Å²) in [6.07, 6.45) is -0.225. The molecule has 35 heavy (non-hydrogen) atoms. The molecule has 0 aliphatic rings. The molecule has 0 unspecified atom stereocenters. The number of rotatable bonds is 6. The van der Waals surface area contributed by atoms with Gasteiger partial charge in [-0.1, -0.05) is 66.0 Å². The molecule has 0 aromatic heterocycles. The van der Waals surface area contributed by atoms with E-state index < -0.39 is 11.6 Å². The van der Waals surface area contributed by atoms with Crippen LogP contribution in [-0.2, 0) is 9.59 Å². The summed E-state index contributed by atoms with van der Waals surface area (Å²) in [6.45, 7) is 0. The summed E-state index contributed by atoms with van der Waals surface area (Å²) in [5.41, 5.74) is 3.74. The van der Waals surface area contributed by atoms with Crippen LogP contribution in [0.15, 0.2) is 101 Å². The smallest absolute Gasteiger partial charge is 0.201 e. The topological polar surface area (TPSA) is 57.9 Å². The molecule has 0 amide bonds. The van der Waals surface area contributed by atoms with E-state index in [1.807, 2.05) is 36.4 Å². The van der Waals surface area contributed by atoms with Gasteiger partial charge in [0.25, 0.3) is 0 Å². The fraction of sp³-hybridized carbons (Fsp3) is 0.0357. The summed E-state index contributed by atoms with van der Waals surface area (Å²) in [5, 5.41) is 8.36. The van der Waals surface area contributed by atoms with Crippen molar-refractivity contribution >= 4 is 33.8 Å². The van der Waals surface area contributed by atoms with Crippen LogP contribution in [0.5, 0.6) is 0 Å². The number of nitrogens with zero attached hydrogens (tertiary/aromatic N) is 1. The molecule has 0 aliphatic heterocycles. The third-order valence-corrected chi connectivity index (χ3v) is 6.82. The van der Waals surface area contributed by atoms with Gasteiger partial charge in [0.1, 0.15) is 0 Å². The predicted octanol–water partition coefficient (Wildman–Crippen LogP) is 7.50. The van der Waals surface area contributed by atoms with Crippen LogP contribution in [0.4, 0.5) is 8.78 Å². The Hall–Kier alpha value is -3.73. The zero-order chi connectivity index (χ0) is 24.8. The fourth-order valence-corrected chi connectivity index (χ4v) is 4.86. The lowest BCUT2D eigenvalue weighted by Crippen LogP contribution is -2.00. The molecule has 7 heteroatoms. The van der Waals surface area contributed by atoms with Gasteiger partial charge >= 0.3 is 0 Å². The van der Waals surface area contributed by atoms with Gasteiger partial charge in [-0.25, -0.2) is 8.78 Å². The van der Waals surface area contributed by atoms with E-state index in [1.165, 1.54) is 6.07 Å². The Morgan fingerprint density at radius 3 is 1.51 bits per heavy atom. The second kappa shape index (κ2) is 11.1. The highest BCUT2D eigenvalue weighted by Crippen LogP contribution is 2.29. The molecule has 0 spiro atoms. The number of carbonyl (C=O) groups is 2. The molecule has 0 aliphatic carbocycles. The Balaban J connectivity index is 1.30. The largest absolute Gasteiger partial charge is 0.286 e. The molecule has 0 radical (unpaired) electrons. The Morgan fingerprint density at radius 2 is 1.06 bits per heavy atom. The standard InChI is InChI=1S/C28H17F2NO2S2/c29-25-14-9-22(15-26(25)30)21-7-12-24(13-8-21)35-28(33)16-27(32)34-23-10-5-20(6-11-23)19-3-1-18(17-31)2-4-19/h1-15H,16H2. The van der Waals surface area contributed by atoms with Crippen molar-refractivity contribution in [3.05, 3.63) is 108 Å². The first kappa shape index (κ1) is 24.4. The molecule has 4 aromatic rings. The second-order valence-electron chi connectivity index (χ2n) is 7.49. The maximum absolute atomic E-state index is 13.4. The number of nitriles is 1. The van der Waals surface area contributed by atoms with Crippen molar-refractivity contribution in [2.45, 2.75) is 16.2 Å². The van der Waals surface area contributed by atoms with Crippen molar-refractivity contribution < 1.29 is 18.4 Å². The molecular formula is C28H17F2NO2S2. The van der Waals surface area contributed by atoms with E-state index in [-0.39, 0.29) is 16.7 Å². The molecule has 3 nitrogen and oxygen atoms in total. The van der Waals surface area contributed by atoms with Gasteiger partial charge < -0.3 is 0 Å². The zero-order valence-electron chi connectivity index (χ0n) is 18.2. The SMILES string of the molecule is N#Cc1ccc(-c2ccc(SC(=O)CC(=O)Sc3ccc(-c4ccc(F)c(F)c4)cc3)cc2)cc1. The number of hydrogen-bond donors (Lipinski definition) is 0. The van der Waals surface area contributed by atoms with Crippen molar-refractivity contribution in [3.8, 4) is 28.3 Å². The number of thioether (sulfide) groups is 2. The molecule has 4 aromatic carbocycles. The molecule has 0 N–H and O–H groups in total. The van der Waals surface area contributed by atoms with Gasteiger partial charge in [0, 0.05) is 9.79 Å². The predicted molar refractivity (Wildman–Crippen MR) is 135 cm³/mol. The summed E-state index contributed by atoms with van der Waals surface area (Å²) < 4.78 is 26.6. The lowest BCUT2D eigenvalue weighted by atomic mass is 10.0. The van der Waals surface area contributed by atoms with E-state index in [0.29, 0.717) is 21.6 Å². The molecule has 4 rings (SSSR count). The van der Waals surface area contributed by atoms with Crippen LogP contribution in [0.2, 0.25) is 0 Å². The summed E-state index contributed by atoms with van der Waals surface area (Å²) in [7, 11) is 0. The van der Waals surface area contributed by atoms with Crippen molar-refractivity contribution in [1.29, 1.82) is 5.26 Å². The van der Waals surface area contributed by atoms with E-state index in [0.717, 1.165) is 51.7 Å². The van der Waals surface area contributed by atoms with Crippen LogP contribution >= 0.6 is 23.5 Å². The van der Waals surface area contributed by atoms with Crippen LogP contribution < -0.4 is 0 Å². The Labute approximate surface area is 209 Å². The Bertz CT molecular complexity index is 1410. The lowest BCUT2D eigenvalue weighted by molar-refractivity contribution is -0.117. The quantitative estimate of drug-likeness (QED) is 0.202. The first-order chi connectivity index (χ1) is 16.9. The molecule has 0 saturated carbocycles. The van der Waals surface area contributed by atoms with Crippen LogP contribution in [0, 0.1) is 23.0 Å². The number of carbonyl (C=O) groups excluding carboxylic acids is 2. The molecule has 0 bridgehead atoms. The second-order valence-corrected chi connectivity index (χ2v) is 9.75. The van der Waals surface area contributed by atoms with Crippen molar-refractivity contribution in [3.63, 3.8) is 0 Å². The third-order valence-electron chi connectivity index (χ3n) is 5.06. The zero-order valence-corrected chi connectivity index (χ0v) is 19.8. The van der Waals surface area contributed by atoms with Crippen molar-refractivity contribution in [2.24, 2.45) is 0 Å². The summed E-state index contributed by atoms with van der Waals surface area (Å²) in [5.74, 6) is -1.83. The average Bonchev–Trinajstić information content (AvgIpc) is 2.86. The lowest BCUT2D eigenvalue weighted by Gasteiger charge is -2.06. The first-order valence-electron chi connectivity index (χ1n) is 10.5. The van der Waals surface area contributed by atoms with Crippen LogP contribution in [0.3, 0.4) is 0 Å². The summed E-state index contributed by atoms with van der Waals surface area (Å²) in [4.78, 5) is 26.1. The number of hydrogen-bond acceptors (Lipinski definition) is 5. The summed E-state index contributed by atoms with van der Waals surface area (Å²) in [6, 6.07) is 27.3. The van der Waals surface area contributed by atoms with E-state index in [4.69, 9.17) is 5.26 Å². The highest BCUT2D eigenvalue weighted by Gasteiger charge is 2.13. The van der Waals surface area contributed by atoms with Gasteiger partial charge in [0.15, 0.2) is 11.6 Å². The van der Waals surface area contributed by atoms with Gasteiger partial charge in [0.2, 0.25) is 10.2 Å². The maximum atomic E-state index is 13.4. The molecule has 0 saturated heterocycles. The highest BCUT2D eigenvalue weighted by atomic mass is 32.2. The van der Waals surface area contributed by atoms with Gasteiger partial charge in [0.05, 0.1) is 18.1 Å². The molecule has 0 atom stereocenters. The third kappa shape index (κ3) is 6.44. The normalized spacial score (nSPS) is 10.5. The average molecular weight is 502 g/mol. The van der Waals surface area contributed by atoms with E-state index >= 15 is 0 Å². The minimum atomic E-state index is -0.920. The van der Waals surface area contributed by atoms with Crippen molar-refractivity contribution in [2.75, 3.05) is 0 Å². The molecule has 0 heterocycles. The minimum Gasteiger partial charge on any atom is -0.286 e. The molecule has 172 valence electrons. The van der Waals surface area contributed by atoms with E-state index in [2.05, 4.69) is 6.07 Å². The van der Waals surface area contributed by atoms with Crippen molar-refractivity contribution in [1.82, 2.24) is 0 Å². The van der Waals surface area contributed by atoms with Crippen LogP contribution in [0.1, 0.15) is 12.0 Å². The monoisotopic (exact) mass is 501 g/mol.